The molecule has 0 spiro atoms. The van der Waals surface area contributed by atoms with E-state index in [0.717, 1.165) is 5.56 Å². The van der Waals surface area contributed by atoms with Crippen LogP contribution in [0.4, 0.5) is 5.82 Å². The fraction of sp³-hybridized carbons (Fsp3) is 0.444. The van der Waals surface area contributed by atoms with Gasteiger partial charge < -0.3 is 9.84 Å². The number of imidazole rings is 1. The summed E-state index contributed by atoms with van der Waals surface area (Å²) in [4.78, 5) is 17.6. The summed E-state index contributed by atoms with van der Waals surface area (Å²) >= 11 is -1.68. The third-order valence-electron chi connectivity index (χ3n) is 4.22. The summed E-state index contributed by atoms with van der Waals surface area (Å²) in [6.07, 6.45) is 0.357. The normalized spacial score (nSPS) is 16.6. The Balaban J connectivity index is 2.09. The molecule has 1 aliphatic heterocycles. The predicted molar refractivity (Wildman–Crippen MR) is 103 cm³/mol. The first-order valence-electron chi connectivity index (χ1n) is 9.01. The fourth-order valence-corrected chi connectivity index (χ4v) is 4.24. The molecule has 3 rings (SSSR count). The van der Waals surface area contributed by atoms with Crippen molar-refractivity contribution in [2.75, 3.05) is 30.6 Å². The van der Waals surface area contributed by atoms with Crippen LogP contribution in [-0.4, -0.2) is 55.4 Å². The molecule has 2 heterocycles. The highest BCUT2D eigenvalue weighted by Crippen LogP contribution is 2.34. The highest BCUT2D eigenvalue weighted by atomic mass is 32.2. The van der Waals surface area contributed by atoms with E-state index < -0.39 is 11.2 Å². The van der Waals surface area contributed by atoms with Crippen molar-refractivity contribution in [3.05, 3.63) is 41.6 Å². The number of anilines is 1. The van der Waals surface area contributed by atoms with E-state index >= 15 is 0 Å². The number of hydrogen-bond acceptors (Lipinski definition) is 5. The lowest BCUT2D eigenvalue weighted by atomic mass is 10.2. The van der Waals surface area contributed by atoms with Crippen molar-refractivity contribution >= 4 is 22.9 Å². The maximum atomic E-state index is 13.1. The summed E-state index contributed by atoms with van der Waals surface area (Å²) in [6.45, 7) is 5.09. The SMILES string of the molecule is CCOc1nc2c(n1Cc1ccccc1)C(=O)N(CCCO)S(=O)N2CC. The van der Waals surface area contributed by atoms with Crippen LogP contribution in [0.3, 0.4) is 0 Å². The molecule has 1 unspecified atom stereocenters. The van der Waals surface area contributed by atoms with Crippen molar-refractivity contribution in [1.29, 1.82) is 0 Å². The van der Waals surface area contributed by atoms with Crippen LogP contribution < -0.4 is 9.04 Å². The van der Waals surface area contributed by atoms with Gasteiger partial charge in [0.2, 0.25) is 11.2 Å². The fourth-order valence-electron chi connectivity index (χ4n) is 2.99. The number of benzene rings is 1. The summed E-state index contributed by atoms with van der Waals surface area (Å²) in [5, 5.41) is 9.12. The average Bonchev–Trinajstić information content (AvgIpc) is 3.01. The van der Waals surface area contributed by atoms with Crippen LogP contribution in [0.1, 0.15) is 36.3 Å². The molecule has 9 heteroatoms. The number of amides is 1. The van der Waals surface area contributed by atoms with Crippen LogP contribution in [0.5, 0.6) is 6.01 Å². The van der Waals surface area contributed by atoms with Crippen molar-refractivity contribution < 1.29 is 18.8 Å². The Labute approximate surface area is 161 Å². The van der Waals surface area contributed by atoms with E-state index in [9.17, 15) is 9.00 Å². The molecule has 27 heavy (non-hydrogen) atoms. The molecular formula is C18H24N4O4S. The number of aliphatic hydroxyl groups is 1. The maximum Gasteiger partial charge on any atom is 0.299 e. The Morgan fingerprint density at radius 3 is 2.56 bits per heavy atom. The van der Waals surface area contributed by atoms with Gasteiger partial charge in [-0.15, -0.1) is 0 Å². The molecule has 8 nitrogen and oxygen atoms in total. The van der Waals surface area contributed by atoms with E-state index in [1.54, 1.807) is 8.87 Å². The van der Waals surface area contributed by atoms with Gasteiger partial charge >= 0.3 is 0 Å². The van der Waals surface area contributed by atoms with Gasteiger partial charge in [-0.25, -0.2) is 8.51 Å². The smallest absolute Gasteiger partial charge is 0.299 e. The van der Waals surface area contributed by atoms with Gasteiger partial charge in [0, 0.05) is 19.7 Å². The van der Waals surface area contributed by atoms with Crippen molar-refractivity contribution in [1.82, 2.24) is 13.9 Å². The lowest BCUT2D eigenvalue weighted by Gasteiger charge is -2.33. The molecule has 1 aliphatic rings. The van der Waals surface area contributed by atoms with E-state index in [0.29, 0.717) is 43.6 Å². The van der Waals surface area contributed by atoms with Crippen LogP contribution >= 0.6 is 0 Å². The van der Waals surface area contributed by atoms with Crippen molar-refractivity contribution in [3.8, 4) is 6.01 Å². The third-order valence-corrected chi connectivity index (χ3v) is 5.75. The lowest BCUT2D eigenvalue weighted by molar-refractivity contribution is 0.0846. The van der Waals surface area contributed by atoms with Gasteiger partial charge in [0.05, 0.1) is 13.2 Å². The van der Waals surface area contributed by atoms with Crippen molar-refractivity contribution in [2.45, 2.75) is 26.8 Å². The highest BCUT2D eigenvalue weighted by molar-refractivity contribution is 7.84. The molecule has 0 bridgehead atoms. The van der Waals surface area contributed by atoms with E-state index in [-0.39, 0.29) is 19.1 Å². The first-order chi connectivity index (χ1) is 13.1. The number of aromatic nitrogens is 2. The van der Waals surface area contributed by atoms with Gasteiger partial charge in [-0.2, -0.15) is 4.98 Å². The predicted octanol–water partition coefficient (Wildman–Crippen LogP) is 1.57. The number of nitrogens with zero attached hydrogens (tertiary/aromatic N) is 4. The molecule has 146 valence electrons. The molecule has 0 saturated carbocycles. The van der Waals surface area contributed by atoms with Crippen LogP contribution in [-0.2, 0) is 17.7 Å². The largest absolute Gasteiger partial charge is 0.465 e. The standard InChI is InChI=1S/C18H24N4O4S/c1-3-21-16-15(17(24)22(27(21)25)11-8-12-23)20(18(19-16)26-4-2)13-14-9-6-5-7-10-14/h5-7,9-10,23H,3-4,8,11-13H2,1-2H3. The zero-order chi connectivity index (χ0) is 19.4. The van der Waals surface area contributed by atoms with Crippen molar-refractivity contribution in [3.63, 3.8) is 0 Å². The molecule has 1 aromatic carbocycles. The lowest BCUT2D eigenvalue weighted by Crippen LogP contribution is -2.48. The Bertz CT molecular complexity index is 824. The molecular weight excluding hydrogens is 368 g/mol. The Hall–Kier alpha value is -2.39. The number of aliphatic hydroxyl groups excluding tert-OH is 1. The molecule has 0 saturated heterocycles. The van der Waals surface area contributed by atoms with E-state index in [4.69, 9.17) is 9.84 Å². The van der Waals surface area contributed by atoms with Gasteiger partial charge in [0.1, 0.15) is 0 Å². The van der Waals surface area contributed by atoms with Crippen LogP contribution in [0.15, 0.2) is 30.3 Å². The van der Waals surface area contributed by atoms with Gasteiger partial charge in [-0.1, -0.05) is 30.3 Å². The molecule has 2 aromatic rings. The van der Waals surface area contributed by atoms with Gasteiger partial charge in [0.15, 0.2) is 11.5 Å². The van der Waals surface area contributed by atoms with Crippen molar-refractivity contribution in [2.24, 2.45) is 0 Å². The Morgan fingerprint density at radius 2 is 1.93 bits per heavy atom. The minimum absolute atomic E-state index is 0.0760. The molecule has 1 atom stereocenters. The summed E-state index contributed by atoms with van der Waals surface area (Å²) in [5.74, 6) is 0.0105. The van der Waals surface area contributed by atoms with Gasteiger partial charge in [-0.3, -0.25) is 13.7 Å². The molecule has 0 fully saturated rings. The van der Waals surface area contributed by atoms with Crippen LogP contribution in [0, 0.1) is 0 Å². The number of ether oxygens (including phenoxy) is 1. The molecule has 1 amide bonds. The first kappa shape index (κ1) is 19.4. The molecule has 1 aromatic heterocycles. The second kappa shape index (κ2) is 8.53. The average molecular weight is 392 g/mol. The Kier molecular flexibility index (Phi) is 6.12. The number of rotatable bonds is 8. The summed E-state index contributed by atoms with van der Waals surface area (Å²) in [7, 11) is 0. The summed E-state index contributed by atoms with van der Waals surface area (Å²) in [6, 6.07) is 10.1. The third kappa shape index (κ3) is 3.70. The summed E-state index contributed by atoms with van der Waals surface area (Å²) < 4.78 is 23.1. The zero-order valence-corrected chi connectivity index (χ0v) is 16.3. The number of hydrogen-bond donors (Lipinski definition) is 1. The monoisotopic (exact) mass is 392 g/mol. The maximum absolute atomic E-state index is 13.1. The quantitative estimate of drug-likeness (QED) is 0.737. The van der Waals surface area contributed by atoms with E-state index in [1.807, 2.05) is 44.2 Å². The molecule has 1 N–H and O–H groups in total. The summed E-state index contributed by atoms with van der Waals surface area (Å²) in [5.41, 5.74) is 1.37. The number of fused-ring (bicyclic) bond motifs is 1. The topological polar surface area (TPSA) is 87.9 Å². The highest BCUT2D eigenvalue weighted by Gasteiger charge is 2.40. The number of carbonyl (C=O) groups excluding carboxylic acids is 1. The Morgan fingerprint density at radius 1 is 1.19 bits per heavy atom. The minimum Gasteiger partial charge on any atom is -0.465 e. The first-order valence-corrected chi connectivity index (χ1v) is 10.1. The molecule has 0 radical (unpaired) electrons. The zero-order valence-electron chi connectivity index (χ0n) is 15.5. The van der Waals surface area contributed by atoms with Gasteiger partial charge in [-0.05, 0) is 25.8 Å². The van der Waals surface area contributed by atoms with Crippen LogP contribution in [0.25, 0.3) is 0 Å². The minimum atomic E-state index is -1.68. The van der Waals surface area contributed by atoms with Gasteiger partial charge in [0.25, 0.3) is 11.9 Å². The number of carbonyl (C=O) groups is 1. The van der Waals surface area contributed by atoms with E-state index in [1.165, 1.54) is 4.31 Å². The molecule has 0 aliphatic carbocycles. The van der Waals surface area contributed by atoms with Crippen LogP contribution in [0.2, 0.25) is 0 Å². The van der Waals surface area contributed by atoms with E-state index in [2.05, 4.69) is 4.98 Å². The second-order valence-corrected chi connectivity index (χ2v) is 7.32. The second-order valence-electron chi connectivity index (χ2n) is 5.98.